The Morgan fingerprint density at radius 1 is 0.963 bits per heavy atom. The molecule has 1 aliphatic carbocycles. The number of carbonyl (C=O) groups is 1. The normalized spacial score (nSPS) is 21.4. The second-order valence-corrected chi connectivity index (χ2v) is 21.0. The predicted molar refractivity (Wildman–Crippen MR) is 215 cm³/mol. The summed E-state index contributed by atoms with van der Waals surface area (Å²) < 4.78 is 21.1. The summed E-state index contributed by atoms with van der Waals surface area (Å²) in [6.45, 7) is 12.2. The van der Waals surface area contributed by atoms with E-state index in [1.54, 1.807) is 10.9 Å². The fraction of sp³-hybridized carbons (Fsp3) is 0.415. The van der Waals surface area contributed by atoms with Crippen LogP contribution in [-0.2, 0) is 9.16 Å². The first-order valence-electron chi connectivity index (χ1n) is 18.8. The monoisotopic (exact) mass is 784 g/mol. The van der Waals surface area contributed by atoms with Gasteiger partial charge in [0.15, 0.2) is 5.15 Å². The molecular weight excluding hydrogens is 739 g/mol. The van der Waals surface area contributed by atoms with Gasteiger partial charge in [0.25, 0.3) is 8.32 Å². The highest BCUT2D eigenvalue weighted by molar-refractivity contribution is 6.99. The molecule has 3 aromatic carbocycles. The third kappa shape index (κ3) is 6.95. The Labute approximate surface area is 327 Å². The topological polar surface area (TPSA) is 104 Å². The highest BCUT2D eigenvalue weighted by atomic mass is 35.5. The van der Waals surface area contributed by atoms with Gasteiger partial charge in [0.2, 0.25) is 0 Å². The van der Waals surface area contributed by atoms with Crippen LogP contribution in [0, 0.1) is 0 Å². The van der Waals surface area contributed by atoms with Gasteiger partial charge >= 0.3 is 12.1 Å². The fourth-order valence-electron chi connectivity index (χ4n) is 8.34. The Kier molecular flexibility index (Phi) is 10.1. The largest absolute Gasteiger partial charge is 0.419 e. The van der Waals surface area contributed by atoms with Crippen LogP contribution in [0.3, 0.4) is 0 Å². The van der Waals surface area contributed by atoms with Crippen LogP contribution < -0.4 is 20.4 Å². The molecule has 2 unspecified atom stereocenters. The minimum absolute atomic E-state index is 0.0603. The van der Waals surface area contributed by atoms with E-state index in [1.807, 2.05) is 12.1 Å². The lowest BCUT2D eigenvalue weighted by Crippen LogP contribution is -2.70. The number of carbonyl (C=O) groups excluding carboxylic acids is 1. The maximum atomic E-state index is 12.7. The van der Waals surface area contributed by atoms with Crippen molar-refractivity contribution < 1.29 is 18.7 Å². The third-order valence-corrected chi connectivity index (χ3v) is 17.2. The number of nitrogens with zero attached hydrogens (tertiary/aromatic N) is 5. The Bertz CT molecular complexity index is 2100. The zero-order valence-electron chi connectivity index (χ0n) is 31.1. The number of likely N-dealkylation sites (tertiary alicyclic amines) is 1. The minimum Gasteiger partial charge on any atom is -0.400 e. The van der Waals surface area contributed by atoms with Crippen LogP contribution in [-0.4, -0.2) is 77.0 Å². The van der Waals surface area contributed by atoms with Crippen molar-refractivity contribution in [2.24, 2.45) is 0 Å². The number of anilines is 1. The molecule has 1 N–H and O–H groups in total. The minimum atomic E-state index is -2.79. The first-order valence-corrected chi connectivity index (χ1v) is 21.4. The maximum Gasteiger partial charge on any atom is 0.419 e. The van der Waals surface area contributed by atoms with Crippen molar-refractivity contribution in [1.82, 2.24) is 24.6 Å². The molecule has 2 aliphatic heterocycles. The molecule has 3 aliphatic rings. The Morgan fingerprint density at radius 3 is 2.26 bits per heavy atom. The lowest BCUT2D eigenvalue weighted by atomic mass is 9.85. The lowest BCUT2D eigenvalue weighted by Gasteiger charge is -2.50. The van der Waals surface area contributed by atoms with Crippen LogP contribution in [0.1, 0.15) is 70.9 Å². The Balaban J connectivity index is 0.982. The van der Waals surface area contributed by atoms with Crippen LogP contribution in [0.15, 0.2) is 85.2 Å². The molecule has 54 heavy (non-hydrogen) atoms. The van der Waals surface area contributed by atoms with Crippen molar-refractivity contribution >= 4 is 64.6 Å². The second kappa shape index (κ2) is 14.7. The summed E-state index contributed by atoms with van der Waals surface area (Å²) in [5.74, 6) is 0.230. The molecule has 8 rings (SSSR count). The molecule has 10 nitrogen and oxygen atoms in total. The average molecular weight is 786 g/mol. The molecule has 282 valence electrons. The number of hydrogen-bond donors (Lipinski definition) is 1. The number of halogens is 2. The van der Waals surface area contributed by atoms with Gasteiger partial charge in [0.05, 0.1) is 42.6 Å². The molecule has 13 heteroatoms. The second-order valence-electron chi connectivity index (χ2n) is 16.0. The van der Waals surface area contributed by atoms with Crippen molar-refractivity contribution in [3.05, 3.63) is 101 Å². The summed E-state index contributed by atoms with van der Waals surface area (Å²) in [4.78, 5) is 24.1. The van der Waals surface area contributed by atoms with E-state index in [4.69, 9.17) is 37.1 Å². The molecule has 5 aromatic rings. The van der Waals surface area contributed by atoms with Gasteiger partial charge in [-0.05, 0) is 84.7 Å². The van der Waals surface area contributed by atoms with E-state index >= 15 is 0 Å². The van der Waals surface area contributed by atoms with Gasteiger partial charge in [-0.1, -0.05) is 105 Å². The van der Waals surface area contributed by atoms with Gasteiger partial charge in [-0.2, -0.15) is 10.1 Å². The van der Waals surface area contributed by atoms with E-state index in [0.29, 0.717) is 34.6 Å². The molecule has 2 aromatic heterocycles. The third-order valence-electron chi connectivity index (χ3n) is 11.5. The number of ether oxygens (including phenoxy) is 2. The molecule has 4 heterocycles. The van der Waals surface area contributed by atoms with Crippen molar-refractivity contribution in [3.8, 4) is 6.01 Å². The first kappa shape index (κ1) is 37.1. The van der Waals surface area contributed by atoms with Crippen LogP contribution in [0.5, 0.6) is 6.01 Å². The lowest BCUT2D eigenvalue weighted by molar-refractivity contribution is 0.00483. The zero-order valence-corrected chi connectivity index (χ0v) is 33.6. The highest BCUT2D eigenvalue weighted by Crippen LogP contribution is 2.43. The molecule has 2 atom stereocenters. The highest BCUT2D eigenvalue weighted by Gasteiger charge is 2.56. The fourth-order valence-corrected chi connectivity index (χ4v) is 13.7. The average Bonchev–Trinajstić information content (AvgIpc) is 3.85. The molecule has 0 bridgehead atoms. The molecule has 1 amide bonds. The van der Waals surface area contributed by atoms with E-state index in [1.165, 1.54) is 16.6 Å². The maximum absolute atomic E-state index is 12.7. The van der Waals surface area contributed by atoms with Crippen molar-refractivity contribution in [3.63, 3.8) is 0 Å². The SMILES string of the molecule is CC1(N2CCC(c3cc4nc(OC(=O)Nc5cnn(C6CC6)c5Cl)ncc4cc3Cl)CC2)COCC1O[Si](c1ccccc1)(c1ccccc1)C(C)(C)C. The number of fused-ring (bicyclic) bond motifs is 1. The molecular formula is C41H46Cl2N6O4Si. The van der Waals surface area contributed by atoms with E-state index in [-0.39, 0.29) is 34.7 Å². The summed E-state index contributed by atoms with van der Waals surface area (Å²) in [6, 6.07) is 25.8. The number of aromatic nitrogens is 4. The standard InChI is InChI=1S/C41H46Cl2N6O4Si/c1-40(2,3)54(30-11-7-5-8-12-30,31-13-9-6-10-14-31)53-36-25-51-26-41(36,4)48-19-17-27(18-20-48)32-22-34-28(21-33(32)42)23-44-38(46-34)52-39(50)47-35-24-45-49(37(35)43)29-15-16-29/h5-14,21-24,27,29,36H,15-20,25-26H2,1-4H3,(H,47,50). The van der Waals surface area contributed by atoms with Crippen LogP contribution in [0.25, 0.3) is 10.9 Å². The van der Waals surface area contributed by atoms with Crippen LogP contribution in [0.4, 0.5) is 10.5 Å². The molecule has 3 fully saturated rings. The predicted octanol–water partition coefficient (Wildman–Crippen LogP) is 7.99. The van der Waals surface area contributed by atoms with E-state index in [2.05, 4.69) is 114 Å². The quantitative estimate of drug-likeness (QED) is 0.150. The van der Waals surface area contributed by atoms with Gasteiger partial charge in [-0.15, -0.1) is 0 Å². The van der Waals surface area contributed by atoms with Gasteiger partial charge in [0.1, 0.15) is 5.69 Å². The van der Waals surface area contributed by atoms with Gasteiger partial charge < -0.3 is 13.9 Å². The molecule has 0 radical (unpaired) electrons. The number of piperidine rings is 1. The summed E-state index contributed by atoms with van der Waals surface area (Å²) in [6.07, 6.45) is 6.17. The van der Waals surface area contributed by atoms with Crippen molar-refractivity contribution in [1.29, 1.82) is 0 Å². The number of hydrogen-bond acceptors (Lipinski definition) is 8. The molecule has 2 saturated heterocycles. The Hall–Kier alpha value is -3.84. The number of amides is 1. The summed E-state index contributed by atoms with van der Waals surface area (Å²) in [7, 11) is -2.79. The van der Waals surface area contributed by atoms with Gasteiger partial charge in [-0.25, -0.2) is 14.5 Å². The van der Waals surface area contributed by atoms with Crippen molar-refractivity contribution in [2.75, 3.05) is 31.6 Å². The first-order chi connectivity index (χ1) is 26.0. The van der Waals surface area contributed by atoms with E-state index in [0.717, 1.165) is 49.7 Å². The summed E-state index contributed by atoms with van der Waals surface area (Å²) in [5.41, 5.74) is 1.77. The molecule has 0 spiro atoms. The molecule has 1 saturated carbocycles. The van der Waals surface area contributed by atoms with E-state index in [9.17, 15) is 4.79 Å². The number of benzene rings is 3. The number of nitrogens with one attached hydrogen (secondary N) is 1. The van der Waals surface area contributed by atoms with Crippen LogP contribution in [0.2, 0.25) is 15.2 Å². The smallest absolute Gasteiger partial charge is 0.400 e. The summed E-state index contributed by atoms with van der Waals surface area (Å²) in [5, 5.41) is 11.2. The zero-order chi connectivity index (χ0) is 37.7. The van der Waals surface area contributed by atoms with E-state index < -0.39 is 14.4 Å². The van der Waals surface area contributed by atoms with Crippen molar-refractivity contribution in [2.45, 2.75) is 82.0 Å². The Morgan fingerprint density at radius 2 is 1.63 bits per heavy atom. The summed E-state index contributed by atoms with van der Waals surface area (Å²) >= 11 is 13.3. The van der Waals surface area contributed by atoms with Crippen LogP contribution >= 0.6 is 23.2 Å². The van der Waals surface area contributed by atoms with Gasteiger partial charge in [-0.3, -0.25) is 10.2 Å². The number of rotatable bonds is 9. The van der Waals surface area contributed by atoms with Gasteiger partial charge in [0, 0.05) is 16.6 Å².